The lowest BCUT2D eigenvalue weighted by atomic mass is 10.0. The molecule has 2 fully saturated rings. The van der Waals surface area contributed by atoms with E-state index in [2.05, 4.69) is 14.9 Å². The normalized spacial score (nSPS) is 29.9. The average molecular weight is 190 g/mol. The summed E-state index contributed by atoms with van der Waals surface area (Å²) in [4.78, 5) is 10.8. The van der Waals surface area contributed by atoms with Crippen molar-refractivity contribution in [3.63, 3.8) is 0 Å². The molecule has 0 aromatic carbocycles. The Morgan fingerprint density at radius 2 is 1.64 bits per heavy atom. The third-order valence-corrected chi connectivity index (χ3v) is 3.40. The summed E-state index contributed by atoms with van der Waals surface area (Å²) in [7, 11) is 0. The van der Waals surface area contributed by atoms with E-state index in [9.17, 15) is 0 Å². The van der Waals surface area contributed by atoms with Crippen LogP contribution in [0.25, 0.3) is 0 Å². The van der Waals surface area contributed by atoms with Crippen molar-refractivity contribution in [1.29, 1.82) is 0 Å². The SMILES string of the molecule is Nc1nccnc1N1C2CCC1CC2. The maximum Gasteiger partial charge on any atom is 0.172 e. The number of fused-ring (bicyclic) bond motifs is 2. The number of nitrogen functional groups attached to an aromatic ring is 1. The van der Waals surface area contributed by atoms with Gasteiger partial charge >= 0.3 is 0 Å². The zero-order chi connectivity index (χ0) is 9.54. The molecule has 0 aliphatic carbocycles. The summed E-state index contributed by atoms with van der Waals surface area (Å²) in [5, 5.41) is 0. The van der Waals surface area contributed by atoms with Gasteiger partial charge in [-0.15, -0.1) is 0 Å². The zero-order valence-electron chi connectivity index (χ0n) is 8.06. The van der Waals surface area contributed by atoms with E-state index < -0.39 is 0 Å². The molecule has 3 rings (SSSR count). The largest absolute Gasteiger partial charge is 0.381 e. The van der Waals surface area contributed by atoms with Crippen molar-refractivity contribution in [3.05, 3.63) is 12.4 Å². The fourth-order valence-corrected chi connectivity index (χ4v) is 2.80. The fourth-order valence-electron chi connectivity index (χ4n) is 2.80. The van der Waals surface area contributed by atoms with Crippen LogP contribution in [-0.4, -0.2) is 22.1 Å². The number of anilines is 2. The van der Waals surface area contributed by atoms with Gasteiger partial charge in [0.25, 0.3) is 0 Å². The Labute approximate surface area is 83.1 Å². The van der Waals surface area contributed by atoms with Gasteiger partial charge in [0, 0.05) is 24.5 Å². The molecule has 2 bridgehead atoms. The molecule has 0 unspecified atom stereocenters. The Morgan fingerprint density at radius 3 is 2.21 bits per heavy atom. The molecule has 1 aromatic heterocycles. The summed E-state index contributed by atoms with van der Waals surface area (Å²) in [6.07, 6.45) is 8.54. The minimum Gasteiger partial charge on any atom is -0.381 e. The first-order chi connectivity index (χ1) is 6.86. The van der Waals surface area contributed by atoms with Gasteiger partial charge in [0.1, 0.15) is 0 Å². The molecule has 0 atom stereocenters. The molecule has 0 amide bonds. The molecule has 2 aliphatic rings. The van der Waals surface area contributed by atoms with Crippen molar-refractivity contribution in [1.82, 2.24) is 9.97 Å². The van der Waals surface area contributed by atoms with Gasteiger partial charge in [-0.2, -0.15) is 0 Å². The number of hydrogen-bond acceptors (Lipinski definition) is 4. The second kappa shape index (κ2) is 2.83. The Kier molecular flexibility index (Phi) is 1.63. The van der Waals surface area contributed by atoms with Gasteiger partial charge in [0.2, 0.25) is 0 Å². The smallest absolute Gasteiger partial charge is 0.172 e. The van der Waals surface area contributed by atoms with Crippen molar-refractivity contribution in [2.75, 3.05) is 10.6 Å². The van der Waals surface area contributed by atoms with Gasteiger partial charge < -0.3 is 10.6 Å². The number of hydrogen-bond donors (Lipinski definition) is 1. The van der Waals surface area contributed by atoms with Crippen LogP contribution in [0.5, 0.6) is 0 Å². The van der Waals surface area contributed by atoms with Crippen LogP contribution >= 0.6 is 0 Å². The Balaban J connectivity index is 2.00. The molecule has 4 nitrogen and oxygen atoms in total. The average Bonchev–Trinajstić information content (AvgIpc) is 2.78. The van der Waals surface area contributed by atoms with Crippen molar-refractivity contribution >= 4 is 11.6 Å². The molecule has 74 valence electrons. The van der Waals surface area contributed by atoms with E-state index in [1.165, 1.54) is 25.7 Å². The van der Waals surface area contributed by atoms with E-state index in [-0.39, 0.29) is 0 Å². The second-order valence-corrected chi connectivity index (χ2v) is 4.13. The predicted molar refractivity (Wildman–Crippen MR) is 55.0 cm³/mol. The molecule has 0 radical (unpaired) electrons. The molecule has 4 heteroatoms. The molecule has 1 aromatic rings. The summed E-state index contributed by atoms with van der Waals surface area (Å²) in [5.41, 5.74) is 5.84. The summed E-state index contributed by atoms with van der Waals surface area (Å²) in [6, 6.07) is 1.33. The van der Waals surface area contributed by atoms with E-state index in [0.29, 0.717) is 17.9 Å². The Hall–Kier alpha value is -1.32. The molecule has 2 aliphatic heterocycles. The van der Waals surface area contributed by atoms with Gasteiger partial charge in [0.15, 0.2) is 11.6 Å². The first-order valence-corrected chi connectivity index (χ1v) is 5.21. The quantitative estimate of drug-likeness (QED) is 0.722. The molecule has 2 N–H and O–H groups in total. The van der Waals surface area contributed by atoms with Gasteiger partial charge in [-0.05, 0) is 25.7 Å². The van der Waals surface area contributed by atoms with Crippen LogP contribution in [0.4, 0.5) is 11.6 Å². The molecule has 0 spiro atoms. The first-order valence-electron chi connectivity index (χ1n) is 5.21. The van der Waals surface area contributed by atoms with Crippen LogP contribution in [0.15, 0.2) is 12.4 Å². The molecular weight excluding hydrogens is 176 g/mol. The summed E-state index contributed by atoms with van der Waals surface area (Å²) < 4.78 is 0. The van der Waals surface area contributed by atoms with Gasteiger partial charge in [0.05, 0.1) is 0 Å². The lowest BCUT2D eigenvalue weighted by Gasteiger charge is -2.23. The Morgan fingerprint density at radius 1 is 1.07 bits per heavy atom. The lowest BCUT2D eigenvalue weighted by Crippen LogP contribution is -2.29. The van der Waals surface area contributed by atoms with E-state index in [0.717, 1.165) is 5.82 Å². The molecule has 14 heavy (non-hydrogen) atoms. The molecule has 3 heterocycles. The van der Waals surface area contributed by atoms with Gasteiger partial charge in [-0.1, -0.05) is 0 Å². The van der Waals surface area contributed by atoms with Crippen LogP contribution in [0.2, 0.25) is 0 Å². The van der Waals surface area contributed by atoms with Crippen LogP contribution in [0, 0.1) is 0 Å². The number of nitrogens with zero attached hydrogens (tertiary/aromatic N) is 3. The van der Waals surface area contributed by atoms with E-state index in [4.69, 9.17) is 5.73 Å². The van der Waals surface area contributed by atoms with Crippen LogP contribution in [-0.2, 0) is 0 Å². The van der Waals surface area contributed by atoms with Gasteiger partial charge in [-0.3, -0.25) is 0 Å². The lowest BCUT2D eigenvalue weighted by molar-refractivity contribution is 0.576. The molecule has 2 saturated heterocycles. The summed E-state index contributed by atoms with van der Waals surface area (Å²) >= 11 is 0. The highest BCUT2D eigenvalue weighted by Crippen LogP contribution is 2.41. The van der Waals surface area contributed by atoms with Crippen molar-refractivity contribution < 1.29 is 0 Å². The van der Waals surface area contributed by atoms with E-state index in [1.807, 2.05) is 0 Å². The van der Waals surface area contributed by atoms with Crippen molar-refractivity contribution in [2.45, 2.75) is 37.8 Å². The number of nitrogens with two attached hydrogens (primary N) is 1. The van der Waals surface area contributed by atoms with Gasteiger partial charge in [-0.25, -0.2) is 9.97 Å². The van der Waals surface area contributed by atoms with E-state index >= 15 is 0 Å². The van der Waals surface area contributed by atoms with Crippen LogP contribution in [0.3, 0.4) is 0 Å². The third kappa shape index (κ3) is 0.997. The summed E-state index contributed by atoms with van der Waals surface area (Å²) in [6.45, 7) is 0. The zero-order valence-corrected chi connectivity index (χ0v) is 8.06. The highest BCUT2D eigenvalue weighted by Gasteiger charge is 2.40. The first kappa shape index (κ1) is 8.03. The third-order valence-electron chi connectivity index (χ3n) is 3.40. The minimum atomic E-state index is 0.575. The topological polar surface area (TPSA) is 55.0 Å². The highest BCUT2D eigenvalue weighted by molar-refractivity contribution is 5.60. The second-order valence-electron chi connectivity index (χ2n) is 4.13. The van der Waals surface area contributed by atoms with Crippen molar-refractivity contribution in [2.24, 2.45) is 0 Å². The minimum absolute atomic E-state index is 0.575. The maximum atomic E-state index is 5.84. The number of aromatic nitrogens is 2. The standard InChI is InChI=1S/C10H14N4/c11-9-10(13-6-5-12-9)14-7-1-2-8(14)4-3-7/h5-8H,1-4H2,(H2,11,12). The van der Waals surface area contributed by atoms with Crippen LogP contribution < -0.4 is 10.6 Å². The van der Waals surface area contributed by atoms with E-state index in [1.54, 1.807) is 12.4 Å². The molecular formula is C10H14N4. The fraction of sp³-hybridized carbons (Fsp3) is 0.600. The molecule has 0 saturated carbocycles. The van der Waals surface area contributed by atoms with Crippen LogP contribution in [0.1, 0.15) is 25.7 Å². The predicted octanol–water partition coefficient (Wildman–Crippen LogP) is 1.19. The Bertz CT molecular complexity index is 332. The monoisotopic (exact) mass is 190 g/mol. The van der Waals surface area contributed by atoms with Crippen molar-refractivity contribution in [3.8, 4) is 0 Å². The highest BCUT2D eigenvalue weighted by atomic mass is 15.3. The maximum absolute atomic E-state index is 5.84. The number of rotatable bonds is 1. The summed E-state index contributed by atoms with van der Waals surface area (Å²) in [5.74, 6) is 1.48.